The van der Waals surface area contributed by atoms with Crippen molar-refractivity contribution in [1.29, 1.82) is 0 Å². The second-order valence-electron chi connectivity index (χ2n) is 7.39. The predicted molar refractivity (Wildman–Crippen MR) is 100 cm³/mol. The van der Waals surface area contributed by atoms with Gasteiger partial charge < -0.3 is 10.8 Å². The van der Waals surface area contributed by atoms with Crippen molar-refractivity contribution in [1.82, 2.24) is 0 Å². The van der Waals surface area contributed by atoms with Crippen molar-refractivity contribution in [3.8, 4) is 0 Å². The molecular weight excluding hydrogens is 294 g/mol. The molecule has 0 unspecified atom stereocenters. The van der Waals surface area contributed by atoms with Crippen LogP contribution in [0.4, 0.5) is 0 Å². The van der Waals surface area contributed by atoms with Crippen molar-refractivity contribution in [3.05, 3.63) is 71.3 Å². The summed E-state index contributed by atoms with van der Waals surface area (Å²) in [4.78, 5) is 0. The Morgan fingerprint density at radius 2 is 1.54 bits per heavy atom. The third-order valence-corrected chi connectivity index (χ3v) is 5.43. The lowest BCUT2D eigenvalue weighted by Crippen LogP contribution is -2.40. The van der Waals surface area contributed by atoms with Gasteiger partial charge in [-0.25, -0.2) is 0 Å². The smallest absolute Gasteiger partial charge is 0.0611 e. The van der Waals surface area contributed by atoms with Crippen LogP contribution in [0.1, 0.15) is 54.7 Å². The van der Waals surface area contributed by atoms with E-state index in [0.717, 1.165) is 25.7 Å². The highest BCUT2D eigenvalue weighted by atomic mass is 16.3. The molecule has 0 heterocycles. The van der Waals surface area contributed by atoms with Crippen molar-refractivity contribution >= 4 is 0 Å². The number of unbranched alkanes of at least 4 members (excludes halogenated alkanes) is 1. The van der Waals surface area contributed by atoms with E-state index in [1.807, 2.05) is 0 Å². The third-order valence-electron chi connectivity index (χ3n) is 5.43. The lowest BCUT2D eigenvalue weighted by molar-refractivity contribution is 0.198. The van der Waals surface area contributed by atoms with E-state index in [1.54, 1.807) is 0 Å². The first-order valence-electron chi connectivity index (χ1n) is 9.21. The molecule has 2 aromatic carbocycles. The molecule has 0 spiro atoms. The number of aliphatic hydroxyl groups is 1. The molecule has 2 nitrogen and oxygen atoms in total. The summed E-state index contributed by atoms with van der Waals surface area (Å²) in [5.74, 6) is 0.509. The van der Waals surface area contributed by atoms with E-state index in [-0.39, 0.29) is 12.1 Å². The van der Waals surface area contributed by atoms with Gasteiger partial charge in [0.2, 0.25) is 0 Å². The maximum Gasteiger partial charge on any atom is 0.0611 e. The average Bonchev–Trinajstić information content (AvgIpc) is 3.03. The van der Waals surface area contributed by atoms with Gasteiger partial charge in [-0.3, -0.25) is 0 Å². The number of rotatable bonds is 7. The minimum Gasteiger partial charge on any atom is -0.394 e. The Morgan fingerprint density at radius 1 is 0.917 bits per heavy atom. The molecule has 24 heavy (non-hydrogen) atoms. The Bertz CT molecular complexity index is 622. The number of benzene rings is 2. The van der Waals surface area contributed by atoms with Crippen LogP contribution in [0.5, 0.6) is 0 Å². The van der Waals surface area contributed by atoms with E-state index < -0.39 is 0 Å². The van der Waals surface area contributed by atoms with Gasteiger partial charge in [-0.15, -0.1) is 0 Å². The van der Waals surface area contributed by atoms with Crippen LogP contribution in [-0.2, 0) is 12.8 Å². The molecule has 0 amide bonds. The molecule has 2 aromatic rings. The van der Waals surface area contributed by atoms with Gasteiger partial charge in [0, 0.05) is 5.54 Å². The normalized spacial score (nSPS) is 23.5. The Balaban J connectivity index is 1.45. The van der Waals surface area contributed by atoms with Gasteiger partial charge in [0.15, 0.2) is 0 Å². The van der Waals surface area contributed by atoms with Crippen LogP contribution in [0.25, 0.3) is 0 Å². The lowest BCUT2D eigenvalue weighted by atomic mass is 9.92. The molecular formula is C22H29NO. The number of aliphatic hydroxyl groups excluding tert-OH is 1. The van der Waals surface area contributed by atoms with Crippen molar-refractivity contribution < 1.29 is 5.11 Å². The van der Waals surface area contributed by atoms with E-state index in [9.17, 15) is 5.11 Å². The topological polar surface area (TPSA) is 46.2 Å². The monoisotopic (exact) mass is 323 g/mol. The van der Waals surface area contributed by atoms with Crippen molar-refractivity contribution in [2.24, 2.45) is 5.73 Å². The molecule has 3 rings (SSSR count). The summed E-state index contributed by atoms with van der Waals surface area (Å²) in [6, 6.07) is 19.8. The van der Waals surface area contributed by atoms with Gasteiger partial charge in [0.25, 0.3) is 0 Å². The molecule has 3 N–H and O–H groups in total. The van der Waals surface area contributed by atoms with Crippen LogP contribution < -0.4 is 5.73 Å². The van der Waals surface area contributed by atoms with Gasteiger partial charge in [0.05, 0.1) is 6.61 Å². The molecule has 1 aliphatic carbocycles. The van der Waals surface area contributed by atoms with E-state index >= 15 is 0 Å². The highest BCUT2D eigenvalue weighted by molar-refractivity contribution is 5.27. The molecule has 1 saturated carbocycles. The highest BCUT2D eigenvalue weighted by Crippen LogP contribution is 2.39. The fourth-order valence-corrected chi connectivity index (χ4v) is 3.84. The molecule has 0 radical (unpaired) electrons. The van der Waals surface area contributed by atoms with E-state index in [4.69, 9.17) is 5.73 Å². The van der Waals surface area contributed by atoms with Crippen LogP contribution in [0.3, 0.4) is 0 Å². The molecule has 2 heteroatoms. The van der Waals surface area contributed by atoms with Crippen LogP contribution in [-0.4, -0.2) is 17.3 Å². The van der Waals surface area contributed by atoms with E-state index in [0.29, 0.717) is 5.92 Å². The zero-order valence-electron chi connectivity index (χ0n) is 14.5. The lowest BCUT2D eigenvalue weighted by Gasteiger charge is -2.21. The van der Waals surface area contributed by atoms with Crippen LogP contribution in [0.2, 0.25) is 0 Å². The molecule has 0 bridgehead atoms. The van der Waals surface area contributed by atoms with Crippen LogP contribution in [0.15, 0.2) is 54.6 Å². The van der Waals surface area contributed by atoms with E-state index in [2.05, 4.69) is 54.6 Å². The molecule has 0 aliphatic heterocycles. The van der Waals surface area contributed by atoms with Crippen LogP contribution >= 0.6 is 0 Å². The Labute approximate surface area is 145 Å². The van der Waals surface area contributed by atoms with Crippen molar-refractivity contribution in [3.63, 3.8) is 0 Å². The van der Waals surface area contributed by atoms with Crippen molar-refractivity contribution in [2.45, 2.75) is 56.4 Å². The fourth-order valence-electron chi connectivity index (χ4n) is 3.84. The molecule has 1 fully saturated rings. The highest BCUT2D eigenvalue weighted by Gasteiger charge is 2.35. The second-order valence-corrected chi connectivity index (χ2v) is 7.39. The SMILES string of the molecule is N[C@]1(CO)CC[C@@H](c2ccc(CCCCc3ccccc3)cc2)C1. The fraction of sp³-hybridized carbons (Fsp3) is 0.455. The average molecular weight is 323 g/mol. The zero-order valence-corrected chi connectivity index (χ0v) is 14.5. The van der Waals surface area contributed by atoms with E-state index in [1.165, 1.54) is 36.0 Å². The van der Waals surface area contributed by atoms with Crippen molar-refractivity contribution in [2.75, 3.05) is 6.61 Å². The Morgan fingerprint density at radius 3 is 2.12 bits per heavy atom. The van der Waals surface area contributed by atoms with Gasteiger partial charge in [-0.1, -0.05) is 54.6 Å². The first-order valence-corrected chi connectivity index (χ1v) is 9.21. The second kappa shape index (κ2) is 7.96. The van der Waals surface area contributed by atoms with Crippen LogP contribution in [0, 0.1) is 0 Å². The van der Waals surface area contributed by atoms with Gasteiger partial charge in [0.1, 0.15) is 0 Å². The molecule has 1 aliphatic rings. The number of hydrogen-bond acceptors (Lipinski definition) is 2. The molecule has 128 valence electrons. The summed E-state index contributed by atoms with van der Waals surface area (Å²) in [6.45, 7) is 0.100. The Kier molecular flexibility index (Phi) is 5.70. The first kappa shape index (κ1) is 17.2. The summed E-state index contributed by atoms with van der Waals surface area (Å²) in [7, 11) is 0. The maximum absolute atomic E-state index is 9.41. The summed E-state index contributed by atoms with van der Waals surface area (Å²) in [5, 5.41) is 9.41. The molecule has 2 atom stereocenters. The molecule has 0 saturated heterocycles. The minimum atomic E-state index is -0.360. The minimum absolute atomic E-state index is 0.100. The Hall–Kier alpha value is -1.64. The van der Waals surface area contributed by atoms with Gasteiger partial charge in [-0.05, 0) is 67.6 Å². The summed E-state index contributed by atoms with van der Waals surface area (Å²) in [6.07, 6.45) is 7.70. The summed E-state index contributed by atoms with van der Waals surface area (Å²) in [5.41, 5.74) is 10.1. The van der Waals surface area contributed by atoms with Gasteiger partial charge in [-0.2, -0.15) is 0 Å². The summed E-state index contributed by atoms with van der Waals surface area (Å²) < 4.78 is 0. The predicted octanol–water partition coefficient (Wildman–Crippen LogP) is 4.21. The standard InChI is InChI=1S/C22H29NO/c23-22(17-24)15-14-21(16-22)20-12-10-19(11-13-20)9-5-4-8-18-6-2-1-3-7-18/h1-3,6-7,10-13,21,24H,4-5,8-9,14-17,23H2/t21-,22-/m1/s1. The first-order chi connectivity index (χ1) is 11.7. The molecule has 0 aromatic heterocycles. The number of nitrogens with two attached hydrogens (primary N) is 1. The quantitative estimate of drug-likeness (QED) is 0.750. The number of aryl methyl sites for hydroxylation is 2. The third kappa shape index (κ3) is 4.46. The van der Waals surface area contributed by atoms with Gasteiger partial charge >= 0.3 is 0 Å². The maximum atomic E-state index is 9.41. The largest absolute Gasteiger partial charge is 0.394 e. The zero-order chi connectivity index (χ0) is 16.8. The number of hydrogen-bond donors (Lipinski definition) is 2. The summed E-state index contributed by atoms with van der Waals surface area (Å²) >= 11 is 0.